The van der Waals surface area contributed by atoms with E-state index in [4.69, 9.17) is 0 Å². The molecule has 0 radical (unpaired) electrons. The van der Waals surface area contributed by atoms with Gasteiger partial charge >= 0.3 is 6.18 Å². The number of rotatable bonds is 3. The number of alkyl halides is 3. The zero-order valence-corrected chi connectivity index (χ0v) is 9.97. The van der Waals surface area contributed by atoms with Crippen molar-refractivity contribution in [2.75, 3.05) is 0 Å². The maximum atomic E-state index is 12.5. The molecular formula is C11H17F3N2. The highest BCUT2D eigenvalue weighted by atomic mass is 19.4. The van der Waals surface area contributed by atoms with E-state index in [9.17, 15) is 13.2 Å². The van der Waals surface area contributed by atoms with Gasteiger partial charge in [0.25, 0.3) is 0 Å². The second-order valence-electron chi connectivity index (χ2n) is 4.30. The Morgan fingerprint density at radius 2 is 1.88 bits per heavy atom. The standard InChI is InChI=1S/C11H17F3N2/c1-5-8(4)9-6-10(11(12,13)14)15-16(9)7(2)3/h6-8H,5H2,1-4H3. The summed E-state index contributed by atoms with van der Waals surface area (Å²) in [5, 5.41) is 3.64. The van der Waals surface area contributed by atoms with Crippen LogP contribution < -0.4 is 0 Å². The molecule has 1 atom stereocenters. The third kappa shape index (κ3) is 2.57. The Labute approximate surface area is 93.5 Å². The van der Waals surface area contributed by atoms with E-state index < -0.39 is 11.9 Å². The SMILES string of the molecule is CCC(C)c1cc(C(F)(F)F)nn1C(C)C. The van der Waals surface area contributed by atoms with Gasteiger partial charge in [0, 0.05) is 11.7 Å². The first-order valence-corrected chi connectivity index (χ1v) is 5.44. The zero-order chi connectivity index (χ0) is 12.5. The van der Waals surface area contributed by atoms with Crippen LogP contribution in [0.5, 0.6) is 0 Å². The molecular weight excluding hydrogens is 217 g/mol. The lowest BCUT2D eigenvalue weighted by Gasteiger charge is -2.14. The van der Waals surface area contributed by atoms with Crippen LogP contribution in [0, 0.1) is 0 Å². The molecule has 1 rings (SSSR count). The van der Waals surface area contributed by atoms with E-state index >= 15 is 0 Å². The molecule has 0 amide bonds. The fourth-order valence-corrected chi connectivity index (χ4v) is 1.54. The van der Waals surface area contributed by atoms with Crippen LogP contribution in [0.3, 0.4) is 0 Å². The average Bonchev–Trinajstić information content (AvgIpc) is 2.60. The Morgan fingerprint density at radius 1 is 1.31 bits per heavy atom. The van der Waals surface area contributed by atoms with E-state index in [0.29, 0.717) is 5.69 Å². The maximum Gasteiger partial charge on any atom is 0.435 e. The van der Waals surface area contributed by atoms with E-state index in [1.165, 1.54) is 4.68 Å². The van der Waals surface area contributed by atoms with E-state index in [-0.39, 0.29) is 12.0 Å². The van der Waals surface area contributed by atoms with Crippen molar-refractivity contribution >= 4 is 0 Å². The maximum absolute atomic E-state index is 12.5. The summed E-state index contributed by atoms with van der Waals surface area (Å²) in [5.74, 6) is 0.0889. The second-order valence-corrected chi connectivity index (χ2v) is 4.30. The molecule has 0 saturated heterocycles. The molecule has 1 heterocycles. The van der Waals surface area contributed by atoms with Crippen molar-refractivity contribution < 1.29 is 13.2 Å². The Balaban J connectivity index is 3.20. The van der Waals surface area contributed by atoms with E-state index in [0.717, 1.165) is 12.5 Å². The highest BCUT2D eigenvalue weighted by molar-refractivity contribution is 5.17. The summed E-state index contributed by atoms with van der Waals surface area (Å²) in [6, 6.07) is 1.11. The molecule has 92 valence electrons. The Bertz CT molecular complexity index is 353. The molecule has 1 aromatic heterocycles. The summed E-state index contributed by atoms with van der Waals surface area (Å²) in [6.45, 7) is 7.53. The van der Waals surface area contributed by atoms with Gasteiger partial charge in [0.2, 0.25) is 0 Å². The van der Waals surface area contributed by atoms with E-state index in [1.807, 2.05) is 27.7 Å². The highest BCUT2D eigenvalue weighted by Gasteiger charge is 2.35. The van der Waals surface area contributed by atoms with Crippen LogP contribution in [-0.2, 0) is 6.18 Å². The smallest absolute Gasteiger partial charge is 0.266 e. The number of halogens is 3. The Morgan fingerprint density at radius 3 is 2.25 bits per heavy atom. The van der Waals surface area contributed by atoms with Crippen molar-refractivity contribution in [2.45, 2.75) is 52.3 Å². The molecule has 0 aliphatic carbocycles. The minimum Gasteiger partial charge on any atom is -0.266 e. The van der Waals surface area contributed by atoms with E-state index in [1.54, 1.807) is 0 Å². The summed E-state index contributed by atoms with van der Waals surface area (Å²) in [5.41, 5.74) is -0.138. The van der Waals surface area contributed by atoms with Gasteiger partial charge in [0.1, 0.15) is 0 Å². The van der Waals surface area contributed by atoms with Crippen LogP contribution in [0.4, 0.5) is 13.2 Å². The second kappa shape index (κ2) is 4.47. The molecule has 0 N–H and O–H groups in total. The van der Waals surface area contributed by atoms with Gasteiger partial charge in [0.05, 0.1) is 0 Å². The lowest BCUT2D eigenvalue weighted by molar-refractivity contribution is -0.141. The number of nitrogens with zero attached hydrogens (tertiary/aromatic N) is 2. The quantitative estimate of drug-likeness (QED) is 0.773. The van der Waals surface area contributed by atoms with Crippen molar-refractivity contribution in [1.29, 1.82) is 0 Å². The van der Waals surface area contributed by atoms with Crippen molar-refractivity contribution in [2.24, 2.45) is 0 Å². The first-order chi connectivity index (χ1) is 7.27. The molecule has 0 spiro atoms. The average molecular weight is 234 g/mol. The van der Waals surface area contributed by atoms with Gasteiger partial charge in [-0.05, 0) is 32.3 Å². The molecule has 2 nitrogen and oxygen atoms in total. The predicted molar refractivity (Wildman–Crippen MR) is 56.3 cm³/mol. The summed E-state index contributed by atoms with van der Waals surface area (Å²) < 4.78 is 39.1. The molecule has 0 aliphatic heterocycles. The Kier molecular flexibility index (Phi) is 3.65. The van der Waals surface area contributed by atoms with Crippen LogP contribution in [0.25, 0.3) is 0 Å². The van der Waals surface area contributed by atoms with Gasteiger partial charge in [-0.15, -0.1) is 0 Å². The lowest BCUT2D eigenvalue weighted by Crippen LogP contribution is -2.11. The number of hydrogen-bond donors (Lipinski definition) is 0. The van der Waals surface area contributed by atoms with Gasteiger partial charge < -0.3 is 0 Å². The predicted octanol–water partition coefficient (Wildman–Crippen LogP) is 4.00. The van der Waals surface area contributed by atoms with Crippen molar-refractivity contribution in [3.63, 3.8) is 0 Å². The topological polar surface area (TPSA) is 17.8 Å². The third-order valence-corrected chi connectivity index (χ3v) is 2.66. The van der Waals surface area contributed by atoms with Crippen LogP contribution in [0.1, 0.15) is 57.5 Å². The summed E-state index contributed by atoms with van der Waals surface area (Å²) in [4.78, 5) is 0. The molecule has 5 heteroatoms. The molecule has 1 aromatic rings. The number of hydrogen-bond acceptors (Lipinski definition) is 1. The number of aromatic nitrogens is 2. The van der Waals surface area contributed by atoms with Crippen LogP contribution in [0.2, 0.25) is 0 Å². The monoisotopic (exact) mass is 234 g/mol. The van der Waals surface area contributed by atoms with Crippen LogP contribution in [0.15, 0.2) is 6.07 Å². The normalized spacial score (nSPS) is 14.5. The molecule has 0 saturated carbocycles. The zero-order valence-electron chi connectivity index (χ0n) is 9.97. The van der Waals surface area contributed by atoms with Crippen LogP contribution >= 0.6 is 0 Å². The van der Waals surface area contributed by atoms with Crippen molar-refractivity contribution in [3.05, 3.63) is 17.5 Å². The highest BCUT2D eigenvalue weighted by Crippen LogP contribution is 2.32. The van der Waals surface area contributed by atoms with Gasteiger partial charge in [0.15, 0.2) is 5.69 Å². The molecule has 0 aromatic carbocycles. The van der Waals surface area contributed by atoms with E-state index in [2.05, 4.69) is 5.10 Å². The lowest BCUT2D eigenvalue weighted by atomic mass is 10.0. The molecule has 0 fully saturated rings. The minimum absolute atomic E-state index is 0.0555. The molecule has 0 bridgehead atoms. The first-order valence-electron chi connectivity index (χ1n) is 5.44. The fourth-order valence-electron chi connectivity index (χ4n) is 1.54. The van der Waals surface area contributed by atoms with Gasteiger partial charge in [-0.25, -0.2) is 0 Å². The van der Waals surface area contributed by atoms with Gasteiger partial charge in [-0.1, -0.05) is 13.8 Å². The van der Waals surface area contributed by atoms with Crippen LogP contribution in [-0.4, -0.2) is 9.78 Å². The molecule has 0 aliphatic rings. The summed E-state index contributed by atoms with van der Waals surface area (Å²) in [6.07, 6.45) is -3.56. The summed E-state index contributed by atoms with van der Waals surface area (Å²) in [7, 11) is 0. The fraction of sp³-hybridized carbons (Fsp3) is 0.727. The Hall–Kier alpha value is -1.00. The molecule has 16 heavy (non-hydrogen) atoms. The third-order valence-electron chi connectivity index (χ3n) is 2.66. The molecule has 1 unspecified atom stereocenters. The summed E-state index contributed by atoms with van der Waals surface area (Å²) >= 11 is 0. The van der Waals surface area contributed by atoms with Crippen molar-refractivity contribution in [3.8, 4) is 0 Å². The van der Waals surface area contributed by atoms with Gasteiger partial charge in [-0.3, -0.25) is 4.68 Å². The largest absolute Gasteiger partial charge is 0.435 e. The van der Waals surface area contributed by atoms with Gasteiger partial charge in [-0.2, -0.15) is 18.3 Å². The minimum atomic E-state index is -4.36. The first kappa shape index (κ1) is 13.1. The van der Waals surface area contributed by atoms with Crippen molar-refractivity contribution in [1.82, 2.24) is 9.78 Å².